The van der Waals surface area contributed by atoms with E-state index in [1.54, 1.807) is 58.2 Å². The van der Waals surface area contributed by atoms with Crippen molar-refractivity contribution in [1.29, 1.82) is 5.41 Å². The number of likely N-dealkylation sites (tertiary alicyclic amines) is 1. The summed E-state index contributed by atoms with van der Waals surface area (Å²) in [5.74, 6) is -14.3. The minimum atomic E-state index is -1.71. The third-order valence-corrected chi connectivity index (χ3v) is 15.1. The minimum absolute atomic E-state index is 0.0204. The Morgan fingerprint density at radius 1 is 0.638 bits per heavy atom. The second-order valence-electron chi connectivity index (χ2n) is 23.6. The molecule has 0 unspecified atom stereocenters. The number of benzene rings is 1. The van der Waals surface area contributed by atoms with Gasteiger partial charge >= 0.3 is 11.9 Å². The fraction of sp³-hybridized carbons (Fsp3) is 0.610. The highest BCUT2D eigenvalue weighted by molar-refractivity contribution is 5.99. The Kier molecular flexibility index (Phi) is 33.3. The van der Waals surface area contributed by atoms with Crippen molar-refractivity contribution in [3.8, 4) is 0 Å². The number of nitrogens with two attached hydrogens (primary N) is 4. The van der Waals surface area contributed by atoms with Crippen LogP contribution >= 0.6 is 0 Å². The molecular formula is C59H94N18O17. The molecule has 35 nitrogen and oxygen atoms in total. The molecular weight excluding hydrogens is 1230 g/mol. The summed E-state index contributed by atoms with van der Waals surface area (Å²) >= 11 is 0. The van der Waals surface area contributed by atoms with Crippen LogP contribution in [0, 0.1) is 17.2 Å². The first-order valence-corrected chi connectivity index (χ1v) is 31.1. The second-order valence-corrected chi connectivity index (χ2v) is 23.6. The lowest BCUT2D eigenvalue weighted by Crippen LogP contribution is -2.60. The van der Waals surface area contributed by atoms with Gasteiger partial charge in [0.05, 0.1) is 25.7 Å². The number of nitrogens with zero attached hydrogens (tertiary/aromatic N) is 1. The molecule has 3 rings (SSSR count). The zero-order valence-corrected chi connectivity index (χ0v) is 53.6. The summed E-state index contributed by atoms with van der Waals surface area (Å²) in [6, 6.07) is -6.72. The summed E-state index contributed by atoms with van der Waals surface area (Å²) in [4.78, 5) is 190. The van der Waals surface area contributed by atoms with Crippen LogP contribution in [0.15, 0.2) is 30.5 Å². The van der Waals surface area contributed by atoms with Crippen molar-refractivity contribution in [3.63, 3.8) is 0 Å². The van der Waals surface area contributed by atoms with Crippen LogP contribution < -0.4 is 81.4 Å². The molecule has 35 heteroatoms. The van der Waals surface area contributed by atoms with Gasteiger partial charge in [0.1, 0.15) is 54.4 Å². The molecule has 522 valence electrons. The van der Waals surface area contributed by atoms with Gasteiger partial charge in [-0.2, -0.15) is 0 Å². The first-order valence-electron chi connectivity index (χ1n) is 31.1. The van der Waals surface area contributed by atoms with E-state index >= 15 is 0 Å². The standard InChI is InChI=1S/C59H94N18O17/c1-30(2)24-40(53(88)73-39(18-20-47(82)83)52(87)74-41(25-33-26-66-36-14-7-6-12-34(33)36)54(89)76-48(31(3)4)56(91)75-42(29-78)58(93)94)71-46(81)27-67-50(85)37(15-8-9-21-60)70-45(80)28-68-55(90)43-16-11-23-77(43)57(92)32(5)69-51(86)38(17-19-44(62)79)72-49(84)35(61)13-10-22-65-59(63)64/h6-7,12,14,26,30-32,35,37-43,48,66,78H,8-11,13,15-25,27-29,60-61H2,1-5H3,(H2,62,79)(H,67,85)(H,68,90)(H,69,86)(H,70,80)(H,71,81)(H,72,84)(H,73,88)(H,74,87)(H,75,91)(H,76,89)(H,82,83)(H,93,94)(H4,63,64,65)/t32-,35-,37-,38-,39-,40-,41-,42-,43-,48-/m0/s1. The third kappa shape index (κ3) is 27.0. The Balaban J connectivity index is 1.71. The number of carbonyl (C=O) groups excluding carboxylic acids is 12. The van der Waals surface area contributed by atoms with Crippen LogP contribution in [0.2, 0.25) is 0 Å². The Hall–Kier alpha value is -9.51. The van der Waals surface area contributed by atoms with Gasteiger partial charge in [0.15, 0.2) is 5.96 Å². The number of primary amides is 1. The lowest BCUT2D eigenvalue weighted by molar-refractivity contribution is -0.143. The average molecular weight is 1330 g/mol. The van der Waals surface area contributed by atoms with Crippen LogP contribution in [-0.4, -0.2) is 214 Å². The van der Waals surface area contributed by atoms with Crippen molar-refractivity contribution >= 4 is 99.7 Å². The predicted molar refractivity (Wildman–Crippen MR) is 338 cm³/mol. The van der Waals surface area contributed by atoms with Gasteiger partial charge < -0.3 is 107 Å². The number of aliphatic hydroxyl groups excluding tert-OH is 1. The summed E-state index contributed by atoms with van der Waals surface area (Å²) in [7, 11) is 0. The van der Waals surface area contributed by atoms with Crippen LogP contribution in [0.4, 0.5) is 0 Å². The van der Waals surface area contributed by atoms with E-state index in [2.05, 4.69) is 63.5 Å². The molecule has 0 aliphatic carbocycles. The van der Waals surface area contributed by atoms with E-state index in [1.807, 2.05) is 0 Å². The number of aromatic nitrogens is 1. The number of nitrogens with one attached hydrogen (secondary N) is 13. The number of amides is 12. The summed E-state index contributed by atoms with van der Waals surface area (Å²) in [6.45, 7) is 6.10. The molecule has 1 fully saturated rings. The molecule has 94 heavy (non-hydrogen) atoms. The molecule has 2 heterocycles. The van der Waals surface area contributed by atoms with Crippen molar-refractivity contribution in [2.45, 2.75) is 179 Å². The number of hydrogen-bond donors (Lipinski definition) is 20. The van der Waals surface area contributed by atoms with Crippen molar-refractivity contribution in [2.75, 3.05) is 39.3 Å². The molecule has 1 aromatic carbocycles. The van der Waals surface area contributed by atoms with Gasteiger partial charge in [0.25, 0.3) is 0 Å². The predicted octanol–water partition coefficient (Wildman–Crippen LogP) is -5.54. The number of aliphatic carboxylic acids is 2. The van der Waals surface area contributed by atoms with Gasteiger partial charge in [-0.15, -0.1) is 0 Å². The Labute approximate surface area is 542 Å². The van der Waals surface area contributed by atoms with E-state index < -0.39 is 182 Å². The fourth-order valence-corrected chi connectivity index (χ4v) is 10.0. The van der Waals surface area contributed by atoms with Crippen molar-refractivity contribution in [1.82, 2.24) is 68.4 Å². The number of carboxylic acid groups (broad SMARTS) is 2. The summed E-state index contributed by atoms with van der Waals surface area (Å²) < 4.78 is 0. The van der Waals surface area contributed by atoms with E-state index in [1.165, 1.54) is 11.8 Å². The van der Waals surface area contributed by atoms with Gasteiger partial charge in [-0.05, 0) is 101 Å². The normalized spacial score (nSPS) is 15.6. The summed E-state index contributed by atoms with van der Waals surface area (Å²) in [6.07, 6.45) is 1.42. The van der Waals surface area contributed by atoms with Crippen LogP contribution in [0.25, 0.3) is 10.9 Å². The molecule has 0 spiro atoms. The molecule has 10 atom stereocenters. The lowest BCUT2D eigenvalue weighted by atomic mass is 9.99. The van der Waals surface area contributed by atoms with E-state index in [0.717, 1.165) is 0 Å². The van der Waals surface area contributed by atoms with Crippen LogP contribution in [0.3, 0.4) is 0 Å². The molecule has 24 N–H and O–H groups in total. The molecule has 1 aromatic heterocycles. The maximum absolute atomic E-state index is 14.3. The van der Waals surface area contributed by atoms with E-state index in [0.29, 0.717) is 42.1 Å². The van der Waals surface area contributed by atoms with E-state index in [4.69, 9.17) is 28.3 Å². The average Bonchev–Trinajstić information content (AvgIpc) is 1.63. The lowest BCUT2D eigenvalue weighted by Gasteiger charge is -2.28. The Morgan fingerprint density at radius 2 is 1.21 bits per heavy atom. The molecule has 2 aromatic rings. The number of aliphatic hydroxyl groups is 1. The zero-order valence-electron chi connectivity index (χ0n) is 53.6. The van der Waals surface area contributed by atoms with Crippen molar-refractivity contribution < 1.29 is 82.4 Å². The SMILES string of the molecule is CC(C)C[C@H](NC(=O)CNC(=O)[C@H](CCCCN)NC(=O)CNC(=O)[C@@H]1CCCN1C(=O)[C@H](C)NC(=O)[C@H](CCC(N)=O)NC(=O)[C@@H](N)CCCNC(=N)N)C(=O)N[C@@H](CCC(=O)O)C(=O)N[C@@H](Cc1c[nH]c2ccccc12)C(=O)N[C@H](C(=O)N[C@@H](CO)C(=O)O)C(C)C. The van der Waals surface area contributed by atoms with Crippen LogP contribution in [0.1, 0.15) is 117 Å². The summed E-state index contributed by atoms with van der Waals surface area (Å²) in [5, 5.41) is 63.9. The van der Waals surface area contributed by atoms with Gasteiger partial charge in [0, 0.05) is 49.5 Å². The zero-order chi connectivity index (χ0) is 70.4. The summed E-state index contributed by atoms with van der Waals surface area (Å²) in [5.41, 5.74) is 23.5. The number of carbonyl (C=O) groups is 14. The highest BCUT2D eigenvalue weighted by Gasteiger charge is 2.39. The Morgan fingerprint density at radius 3 is 1.82 bits per heavy atom. The number of carboxylic acids is 2. The number of unbranched alkanes of at least 4 members (excludes halogenated alkanes) is 1. The first-order chi connectivity index (χ1) is 44.4. The van der Waals surface area contributed by atoms with Crippen molar-refractivity contribution in [3.05, 3.63) is 36.0 Å². The number of rotatable bonds is 42. The van der Waals surface area contributed by atoms with Crippen LogP contribution in [0.5, 0.6) is 0 Å². The molecule has 1 aliphatic heterocycles. The number of fused-ring (bicyclic) bond motifs is 1. The Bertz CT molecular complexity index is 3000. The van der Waals surface area contributed by atoms with E-state index in [9.17, 15) is 82.4 Å². The van der Waals surface area contributed by atoms with Gasteiger partial charge in [-0.25, -0.2) is 4.79 Å². The smallest absolute Gasteiger partial charge is 0.328 e. The van der Waals surface area contributed by atoms with E-state index in [-0.39, 0.29) is 76.5 Å². The largest absolute Gasteiger partial charge is 0.481 e. The maximum Gasteiger partial charge on any atom is 0.328 e. The second kappa shape index (κ2) is 39.8. The number of aromatic amines is 1. The molecule has 12 amide bonds. The maximum atomic E-state index is 14.3. The molecule has 1 saturated heterocycles. The quantitative estimate of drug-likeness (QED) is 0.0167. The molecule has 0 saturated carbocycles. The fourth-order valence-electron chi connectivity index (χ4n) is 10.0. The monoisotopic (exact) mass is 1330 g/mol. The molecule has 0 radical (unpaired) electrons. The molecule has 0 bridgehead atoms. The highest BCUT2D eigenvalue weighted by atomic mass is 16.4. The van der Waals surface area contributed by atoms with Gasteiger partial charge in [-0.1, -0.05) is 45.9 Å². The first kappa shape index (κ1) is 78.7. The van der Waals surface area contributed by atoms with Gasteiger partial charge in [0.2, 0.25) is 70.9 Å². The number of guanidine groups is 1. The topological polar surface area (TPSA) is 579 Å². The van der Waals surface area contributed by atoms with Gasteiger partial charge in [-0.3, -0.25) is 67.7 Å². The molecule has 1 aliphatic rings. The number of para-hydroxylation sites is 1. The third-order valence-electron chi connectivity index (χ3n) is 15.1. The minimum Gasteiger partial charge on any atom is -0.481 e. The number of hydrogen-bond acceptors (Lipinski definition) is 18. The highest BCUT2D eigenvalue weighted by Crippen LogP contribution is 2.21. The van der Waals surface area contributed by atoms with Crippen LogP contribution in [-0.2, 0) is 73.5 Å². The number of H-pyrrole nitrogens is 1. The van der Waals surface area contributed by atoms with Crippen molar-refractivity contribution in [2.24, 2.45) is 34.8 Å².